The first-order chi connectivity index (χ1) is 10.4. The molecule has 1 aromatic carbocycles. The average molecular weight is 318 g/mol. The van der Waals surface area contributed by atoms with Crippen LogP contribution in [0.3, 0.4) is 0 Å². The van der Waals surface area contributed by atoms with Gasteiger partial charge in [0.1, 0.15) is 4.88 Å². The van der Waals surface area contributed by atoms with Crippen molar-refractivity contribution in [2.45, 2.75) is 27.2 Å². The number of hydrogen-bond acceptors (Lipinski definition) is 4. The summed E-state index contributed by atoms with van der Waals surface area (Å²) in [4.78, 5) is 27.6. The standard InChI is InChI=1S/C16H18N2O3S/c1-9(2)8-12(19)17-16-18-13(14(22-16)15(20)21)11-6-4-10(3)5-7-11/h4-7,9H,8H2,1-3H3,(H,20,21)(H,17,18,19). The van der Waals surface area contributed by atoms with Crippen molar-refractivity contribution in [3.63, 3.8) is 0 Å². The molecule has 22 heavy (non-hydrogen) atoms. The number of hydrogen-bond donors (Lipinski definition) is 2. The van der Waals surface area contributed by atoms with E-state index >= 15 is 0 Å². The molecule has 0 saturated carbocycles. The van der Waals surface area contributed by atoms with Crippen LogP contribution in [0.25, 0.3) is 11.3 Å². The van der Waals surface area contributed by atoms with Crippen LogP contribution in [-0.4, -0.2) is 22.0 Å². The first kappa shape index (κ1) is 16.2. The lowest BCUT2D eigenvalue weighted by atomic mass is 10.1. The number of thiazole rings is 1. The fourth-order valence-corrected chi connectivity index (χ4v) is 2.81. The van der Waals surface area contributed by atoms with Crippen molar-refractivity contribution in [3.05, 3.63) is 34.7 Å². The summed E-state index contributed by atoms with van der Waals surface area (Å²) in [5.74, 6) is -0.968. The molecule has 6 heteroatoms. The van der Waals surface area contributed by atoms with Gasteiger partial charge in [0.15, 0.2) is 5.13 Å². The van der Waals surface area contributed by atoms with Crippen molar-refractivity contribution in [2.24, 2.45) is 5.92 Å². The quantitative estimate of drug-likeness (QED) is 0.878. The Hall–Kier alpha value is -2.21. The Morgan fingerprint density at radius 2 is 1.91 bits per heavy atom. The van der Waals surface area contributed by atoms with Crippen molar-refractivity contribution in [1.82, 2.24) is 4.98 Å². The van der Waals surface area contributed by atoms with Crippen molar-refractivity contribution >= 4 is 28.3 Å². The maximum Gasteiger partial charge on any atom is 0.348 e. The third-order valence-electron chi connectivity index (χ3n) is 2.99. The van der Waals surface area contributed by atoms with E-state index in [0.717, 1.165) is 22.5 Å². The molecule has 0 bridgehead atoms. The lowest BCUT2D eigenvalue weighted by Crippen LogP contribution is -2.13. The zero-order valence-electron chi connectivity index (χ0n) is 12.7. The number of aryl methyl sites for hydroxylation is 1. The Morgan fingerprint density at radius 1 is 1.27 bits per heavy atom. The van der Waals surface area contributed by atoms with Gasteiger partial charge in [-0.1, -0.05) is 55.0 Å². The Labute approximate surface area is 133 Å². The van der Waals surface area contributed by atoms with E-state index in [2.05, 4.69) is 10.3 Å². The Kier molecular flexibility index (Phi) is 4.92. The molecule has 0 unspecified atom stereocenters. The number of carbonyl (C=O) groups is 2. The predicted molar refractivity (Wildman–Crippen MR) is 87.3 cm³/mol. The van der Waals surface area contributed by atoms with Crippen LogP contribution >= 0.6 is 11.3 Å². The largest absolute Gasteiger partial charge is 0.477 e. The van der Waals surface area contributed by atoms with Gasteiger partial charge in [0.05, 0.1) is 5.69 Å². The molecule has 1 heterocycles. The van der Waals surface area contributed by atoms with E-state index in [1.54, 1.807) is 0 Å². The monoisotopic (exact) mass is 318 g/mol. The predicted octanol–water partition coefficient (Wildman–Crippen LogP) is 3.80. The fourth-order valence-electron chi connectivity index (χ4n) is 1.97. The number of aromatic nitrogens is 1. The third-order valence-corrected chi connectivity index (χ3v) is 3.95. The molecule has 5 nitrogen and oxygen atoms in total. The van der Waals surface area contributed by atoms with Gasteiger partial charge in [0.25, 0.3) is 0 Å². The molecule has 0 aliphatic heterocycles. The number of carboxylic acids is 1. The van der Waals surface area contributed by atoms with Crippen molar-refractivity contribution < 1.29 is 14.7 Å². The smallest absolute Gasteiger partial charge is 0.348 e. The number of benzene rings is 1. The van der Waals surface area contributed by atoms with Gasteiger partial charge in [-0.05, 0) is 12.8 Å². The lowest BCUT2D eigenvalue weighted by molar-refractivity contribution is -0.116. The summed E-state index contributed by atoms with van der Waals surface area (Å²) < 4.78 is 0. The molecule has 2 N–H and O–H groups in total. The molecule has 0 radical (unpaired) electrons. The van der Waals surface area contributed by atoms with E-state index in [9.17, 15) is 14.7 Å². The van der Waals surface area contributed by atoms with Crippen molar-refractivity contribution in [2.75, 3.05) is 5.32 Å². The van der Waals surface area contributed by atoms with Crippen LogP contribution in [0, 0.1) is 12.8 Å². The SMILES string of the molecule is Cc1ccc(-c2nc(NC(=O)CC(C)C)sc2C(=O)O)cc1. The number of carbonyl (C=O) groups excluding carboxylic acids is 1. The summed E-state index contributed by atoms with van der Waals surface area (Å²) in [7, 11) is 0. The number of anilines is 1. The average Bonchev–Trinajstić information content (AvgIpc) is 2.82. The highest BCUT2D eigenvalue weighted by Gasteiger charge is 2.20. The highest BCUT2D eigenvalue weighted by atomic mass is 32.1. The second-order valence-corrected chi connectivity index (χ2v) is 6.51. The number of nitrogens with zero attached hydrogens (tertiary/aromatic N) is 1. The summed E-state index contributed by atoms with van der Waals surface area (Å²) in [5, 5.41) is 12.3. The normalized spacial score (nSPS) is 10.7. The van der Waals surface area contributed by atoms with Crippen LogP contribution in [0.1, 0.15) is 35.5 Å². The Bertz CT molecular complexity index is 690. The van der Waals surface area contributed by atoms with Crippen LogP contribution < -0.4 is 5.32 Å². The van der Waals surface area contributed by atoms with Crippen LogP contribution in [0.15, 0.2) is 24.3 Å². The minimum atomic E-state index is -1.04. The zero-order chi connectivity index (χ0) is 16.3. The van der Waals surface area contributed by atoms with Crippen molar-refractivity contribution in [1.29, 1.82) is 0 Å². The summed E-state index contributed by atoms with van der Waals surface area (Å²) in [6.07, 6.45) is 0.377. The maximum absolute atomic E-state index is 11.8. The number of rotatable bonds is 5. The second kappa shape index (κ2) is 6.70. The van der Waals surface area contributed by atoms with E-state index in [-0.39, 0.29) is 16.7 Å². The zero-order valence-corrected chi connectivity index (χ0v) is 13.5. The Morgan fingerprint density at radius 3 is 2.45 bits per heavy atom. The molecule has 1 amide bonds. The molecule has 0 aliphatic rings. The maximum atomic E-state index is 11.8. The summed E-state index contributed by atoms with van der Waals surface area (Å²) in [6.45, 7) is 5.85. The minimum Gasteiger partial charge on any atom is -0.477 e. The molecule has 0 fully saturated rings. The molecule has 0 aliphatic carbocycles. The number of aromatic carboxylic acids is 1. The molecular weight excluding hydrogens is 300 g/mol. The van der Waals surface area contributed by atoms with Gasteiger partial charge in [0, 0.05) is 12.0 Å². The van der Waals surface area contributed by atoms with Gasteiger partial charge in [-0.25, -0.2) is 9.78 Å². The second-order valence-electron chi connectivity index (χ2n) is 5.51. The van der Waals surface area contributed by atoms with Crippen LogP contribution in [0.4, 0.5) is 5.13 Å². The van der Waals surface area contributed by atoms with Crippen LogP contribution in [0.2, 0.25) is 0 Å². The molecule has 2 aromatic rings. The molecular formula is C16H18N2O3S. The van der Waals surface area contributed by atoms with Gasteiger partial charge in [-0.3, -0.25) is 4.79 Å². The molecule has 2 rings (SSSR count). The van der Waals surface area contributed by atoms with E-state index < -0.39 is 5.97 Å². The highest BCUT2D eigenvalue weighted by Crippen LogP contribution is 2.31. The Balaban J connectivity index is 2.32. The van der Waals surface area contributed by atoms with E-state index in [1.165, 1.54) is 0 Å². The summed E-state index contributed by atoms with van der Waals surface area (Å²) in [5.41, 5.74) is 2.20. The molecule has 0 saturated heterocycles. The highest BCUT2D eigenvalue weighted by molar-refractivity contribution is 7.18. The minimum absolute atomic E-state index is 0.128. The van der Waals surface area contributed by atoms with E-state index in [0.29, 0.717) is 17.2 Å². The van der Waals surface area contributed by atoms with Crippen LogP contribution in [-0.2, 0) is 4.79 Å². The van der Waals surface area contributed by atoms with Crippen molar-refractivity contribution in [3.8, 4) is 11.3 Å². The third kappa shape index (κ3) is 3.92. The number of nitrogens with one attached hydrogen (secondary N) is 1. The number of carboxylic acid groups (broad SMARTS) is 1. The molecule has 0 spiro atoms. The van der Waals surface area contributed by atoms with Gasteiger partial charge in [0.2, 0.25) is 5.91 Å². The molecule has 116 valence electrons. The van der Waals surface area contributed by atoms with Gasteiger partial charge >= 0.3 is 5.97 Å². The van der Waals surface area contributed by atoms with E-state index in [1.807, 2.05) is 45.0 Å². The molecule has 0 atom stereocenters. The lowest BCUT2D eigenvalue weighted by Gasteiger charge is -2.03. The molecule has 1 aromatic heterocycles. The topological polar surface area (TPSA) is 79.3 Å². The van der Waals surface area contributed by atoms with Crippen LogP contribution in [0.5, 0.6) is 0 Å². The summed E-state index contributed by atoms with van der Waals surface area (Å²) in [6, 6.07) is 7.46. The van der Waals surface area contributed by atoms with Gasteiger partial charge in [-0.15, -0.1) is 0 Å². The van der Waals surface area contributed by atoms with E-state index in [4.69, 9.17) is 0 Å². The summed E-state index contributed by atoms with van der Waals surface area (Å²) >= 11 is 0.979. The number of amides is 1. The first-order valence-corrected chi connectivity index (χ1v) is 7.79. The first-order valence-electron chi connectivity index (χ1n) is 6.98. The van der Waals surface area contributed by atoms with Gasteiger partial charge < -0.3 is 10.4 Å². The van der Waals surface area contributed by atoms with Gasteiger partial charge in [-0.2, -0.15) is 0 Å². The fraction of sp³-hybridized carbons (Fsp3) is 0.312.